The summed E-state index contributed by atoms with van der Waals surface area (Å²) in [6, 6.07) is 15.9. The zero-order chi connectivity index (χ0) is 13.2. The third-order valence-electron chi connectivity index (χ3n) is 3.39. The Labute approximate surface area is 112 Å². The molecule has 1 N–H and O–H groups in total. The van der Waals surface area contributed by atoms with E-state index >= 15 is 0 Å². The second kappa shape index (κ2) is 4.86. The first-order chi connectivity index (χ1) is 9.31. The van der Waals surface area contributed by atoms with Crippen LogP contribution in [0.25, 0.3) is 16.6 Å². The van der Waals surface area contributed by atoms with Gasteiger partial charge in [-0.25, -0.2) is 4.68 Å². The van der Waals surface area contributed by atoms with Crippen molar-refractivity contribution in [1.29, 1.82) is 0 Å². The largest absolute Gasteiger partial charge is 0.388 e. The van der Waals surface area contributed by atoms with E-state index in [1.165, 1.54) is 0 Å². The fourth-order valence-electron chi connectivity index (χ4n) is 2.35. The van der Waals surface area contributed by atoms with Crippen LogP contribution < -0.4 is 0 Å². The van der Waals surface area contributed by atoms with Crippen molar-refractivity contribution < 1.29 is 5.11 Å². The molecule has 3 aromatic rings. The Morgan fingerprint density at radius 1 is 1.11 bits per heavy atom. The molecule has 3 rings (SSSR count). The molecule has 0 aliphatic heterocycles. The number of para-hydroxylation sites is 2. The maximum absolute atomic E-state index is 10.1. The van der Waals surface area contributed by atoms with Crippen LogP contribution in [0.1, 0.15) is 25.0 Å². The van der Waals surface area contributed by atoms with Gasteiger partial charge in [-0.05, 0) is 18.6 Å². The lowest BCUT2D eigenvalue weighted by molar-refractivity contribution is 0.173. The first-order valence-corrected chi connectivity index (χ1v) is 6.51. The average molecular weight is 252 g/mol. The third kappa shape index (κ3) is 2.02. The quantitative estimate of drug-likeness (QED) is 0.775. The molecule has 3 nitrogen and oxygen atoms in total. The molecule has 0 bridgehead atoms. The van der Waals surface area contributed by atoms with E-state index in [1.807, 2.05) is 66.3 Å². The minimum Gasteiger partial charge on any atom is -0.388 e. The molecule has 0 unspecified atom stereocenters. The summed E-state index contributed by atoms with van der Waals surface area (Å²) in [6.45, 7) is 1.97. The highest BCUT2D eigenvalue weighted by Gasteiger charge is 2.13. The van der Waals surface area contributed by atoms with Gasteiger partial charge in [0.1, 0.15) is 0 Å². The summed E-state index contributed by atoms with van der Waals surface area (Å²) < 4.78 is 1.89. The van der Waals surface area contributed by atoms with E-state index in [2.05, 4.69) is 5.10 Å². The lowest BCUT2D eigenvalue weighted by atomic mass is 10.1. The van der Waals surface area contributed by atoms with Crippen LogP contribution in [0, 0.1) is 0 Å². The minimum absolute atomic E-state index is 0.459. The fraction of sp³-hybridized carbons (Fsp3) is 0.188. The Kier molecular flexibility index (Phi) is 3.05. The number of aliphatic hydroxyl groups excluding tert-OH is 1. The highest BCUT2D eigenvalue weighted by Crippen LogP contribution is 2.26. The standard InChI is InChI=1S/C16H16N2O/c1-2-16(19)13-8-4-6-10-15(13)18-14-9-5-3-7-12(14)11-17-18/h3-11,16,19H,2H2,1H3/t16-/m1/s1. The lowest BCUT2D eigenvalue weighted by Gasteiger charge is -2.14. The molecule has 0 spiro atoms. The van der Waals surface area contributed by atoms with Gasteiger partial charge in [-0.1, -0.05) is 43.3 Å². The van der Waals surface area contributed by atoms with Crippen LogP contribution >= 0.6 is 0 Å². The SMILES string of the molecule is CC[C@@H](O)c1ccccc1-n1ncc2ccccc21. The Morgan fingerprint density at radius 3 is 2.68 bits per heavy atom. The Morgan fingerprint density at radius 2 is 1.84 bits per heavy atom. The summed E-state index contributed by atoms with van der Waals surface area (Å²) in [5.41, 5.74) is 2.91. The molecule has 0 radical (unpaired) electrons. The van der Waals surface area contributed by atoms with Gasteiger partial charge in [-0.3, -0.25) is 0 Å². The molecular weight excluding hydrogens is 236 g/mol. The van der Waals surface area contributed by atoms with Crippen molar-refractivity contribution in [3.05, 3.63) is 60.3 Å². The summed E-state index contributed by atoms with van der Waals surface area (Å²) in [4.78, 5) is 0. The highest BCUT2D eigenvalue weighted by atomic mass is 16.3. The van der Waals surface area contributed by atoms with Crippen LogP contribution in [0.2, 0.25) is 0 Å². The van der Waals surface area contributed by atoms with Gasteiger partial charge in [0.05, 0.1) is 23.5 Å². The average Bonchev–Trinajstić information content (AvgIpc) is 2.90. The van der Waals surface area contributed by atoms with Crippen LogP contribution in [-0.2, 0) is 0 Å². The zero-order valence-corrected chi connectivity index (χ0v) is 10.8. The van der Waals surface area contributed by atoms with Gasteiger partial charge >= 0.3 is 0 Å². The molecular formula is C16H16N2O. The van der Waals surface area contributed by atoms with Gasteiger partial charge in [-0.2, -0.15) is 5.10 Å². The number of aromatic nitrogens is 2. The number of benzene rings is 2. The Bertz CT molecular complexity index is 703. The predicted octanol–water partition coefficient (Wildman–Crippen LogP) is 3.47. The molecule has 96 valence electrons. The summed E-state index contributed by atoms with van der Waals surface area (Å²) in [6.07, 6.45) is 2.08. The van der Waals surface area contributed by atoms with Crippen LogP contribution in [0.3, 0.4) is 0 Å². The molecule has 2 aromatic carbocycles. The van der Waals surface area contributed by atoms with E-state index in [9.17, 15) is 5.11 Å². The van der Waals surface area contributed by atoms with Crippen molar-refractivity contribution in [1.82, 2.24) is 9.78 Å². The van der Waals surface area contributed by atoms with E-state index in [-0.39, 0.29) is 0 Å². The van der Waals surface area contributed by atoms with Gasteiger partial charge in [-0.15, -0.1) is 0 Å². The van der Waals surface area contributed by atoms with E-state index in [1.54, 1.807) is 0 Å². The van der Waals surface area contributed by atoms with Gasteiger partial charge < -0.3 is 5.11 Å². The molecule has 0 saturated heterocycles. The topological polar surface area (TPSA) is 38.0 Å². The van der Waals surface area contributed by atoms with E-state index in [0.717, 1.165) is 22.2 Å². The first-order valence-electron chi connectivity index (χ1n) is 6.51. The van der Waals surface area contributed by atoms with Crippen LogP contribution in [0.4, 0.5) is 0 Å². The van der Waals surface area contributed by atoms with Crippen molar-refractivity contribution in [3.8, 4) is 5.69 Å². The van der Waals surface area contributed by atoms with Crippen molar-refractivity contribution >= 4 is 10.9 Å². The molecule has 0 aliphatic rings. The predicted molar refractivity (Wildman–Crippen MR) is 76.3 cm³/mol. The molecule has 1 aromatic heterocycles. The van der Waals surface area contributed by atoms with Crippen molar-refractivity contribution in [3.63, 3.8) is 0 Å². The molecule has 1 atom stereocenters. The summed E-state index contributed by atoms with van der Waals surface area (Å²) >= 11 is 0. The minimum atomic E-state index is -0.459. The van der Waals surface area contributed by atoms with Gasteiger partial charge in [0.25, 0.3) is 0 Å². The first kappa shape index (κ1) is 11.9. The zero-order valence-electron chi connectivity index (χ0n) is 10.8. The summed E-state index contributed by atoms with van der Waals surface area (Å²) in [5.74, 6) is 0. The fourth-order valence-corrected chi connectivity index (χ4v) is 2.35. The summed E-state index contributed by atoms with van der Waals surface area (Å²) in [5, 5.41) is 15.7. The van der Waals surface area contributed by atoms with Crippen molar-refractivity contribution in [2.75, 3.05) is 0 Å². The number of hydrogen-bond acceptors (Lipinski definition) is 2. The van der Waals surface area contributed by atoms with Crippen molar-refractivity contribution in [2.45, 2.75) is 19.4 Å². The third-order valence-corrected chi connectivity index (χ3v) is 3.39. The maximum atomic E-state index is 10.1. The van der Waals surface area contributed by atoms with Crippen LogP contribution in [0.15, 0.2) is 54.7 Å². The van der Waals surface area contributed by atoms with Crippen molar-refractivity contribution in [2.24, 2.45) is 0 Å². The van der Waals surface area contributed by atoms with Crippen LogP contribution in [-0.4, -0.2) is 14.9 Å². The number of hydrogen-bond donors (Lipinski definition) is 1. The lowest BCUT2D eigenvalue weighted by Crippen LogP contribution is -2.05. The molecule has 3 heteroatoms. The number of fused-ring (bicyclic) bond motifs is 1. The smallest absolute Gasteiger partial charge is 0.0808 e. The number of rotatable bonds is 3. The summed E-state index contributed by atoms with van der Waals surface area (Å²) in [7, 11) is 0. The second-order valence-corrected chi connectivity index (χ2v) is 4.60. The monoisotopic (exact) mass is 252 g/mol. The van der Waals surface area contributed by atoms with Crippen LogP contribution in [0.5, 0.6) is 0 Å². The van der Waals surface area contributed by atoms with Gasteiger partial charge in [0, 0.05) is 10.9 Å². The van der Waals surface area contributed by atoms with Gasteiger partial charge in [0.15, 0.2) is 0 Å². The number of nitrogens with zero attached hydrogens (tertiary/aromatic N) is 2. The maximum Gasteiger partial charge on any atom is 0.0808 e. The molecule has 0 saturated carbocycles. The normalized spacial score (nSPS) is 12.7. The Balaban J connectivity index is 2.22. The van der Waals surface area contributed by atoms with E-state index < -0.39 is 6.10 Å². The molecule has 1 heterocycles. The number of aliphatic hydroxyl groups is 1. The molecule has 19 heavy (non-hydrogen) atoms. The highest BCUT2D eigenvalue weighted by molar-refractivity contribution is 5.80. The molecule has 0 amide bonds. The van der Waals surface area contributed by atoms with E-state index in [4.69, 9.17) is 0 Å². The van der Waals surface area contributed by atoms with E-state index in [0.29, 0.717) is 6.42 Å². The molecule has 0 aliphatic carbocycles. The molecule has 0 fully saturated rings. The second-order valence-electron chi connectivity index (χ2n) is 4.60. The van der Waals surface area contributed by atoms with Gasteiger partial charge in [0.2, 0.25) is 0 Å². The Hall–Kier alpha value is -2.13.